The van der Waals surface area contributed by atoms with Crippen molar-refractivity contribution in [3.63, 3.8) is 0 Å². The lowest BCUT2D eigenvalue weighted by Gasteiger charge is -2.24. The number of sulfone groups is 1. The molecule has 2 aromatic carbocycles. The van der Waals surface area contributed by atoms with Gasteiger partial charge in [0.15, 0.2) is 4.90 Å². The third-order valence-electron chi connectivity index (χ3n) is 6.96. The summed E-state index contributed by atoms with van der Waals surface area (Å²) in [5, 5.41) is 23.4. The van der Waals surface area contributed by atoms with Crippen molar-refractivity contribution in [3.8, 4) is 23.1 Å². The van der Waals surface area contributed by atoms with Crippen LogP contribution in [0.5, 0.6) is 5.88 Å². The lowest BCUT2D eigenvalue weighted by atomic mass is 9.99. The largest absolute Gasteiger partial charge is 0.493 e. The smallest absolute Gasteiger partial charge is 0.296 e. The molecule has 42 heavy (non-hydrogen) atoms. The highest BCUT2D eigenvalue weighted by Crippen LogP contribution is 2.34. The number of amides is 1. The second-order valence-corrected chi connectivity index (χ2v) is 11.5. The summed E-state index contributed by atoms with van der Waals surface area (Å²) in [6.07, 6.45) is 2.13. The molecule has 1 atom stereocenters. The van der Waals surface area contributed by atoms with Gasteiger partial charge in [-0.1, -0.05) is 56.7 Å². The van der Waals surface area contributed by atoms with Gasteiger partial charge in [-0.3, -0.25) is 14.2 Å². The zero-order valence-electron chi connectivity index (χ0n) is 23.5. The Hall–Kier alpha value is -4.82. The van der Waals surface area contributed by atoms with Crippen LogP contribution in [0.25, 0.3) is 11.1 Å². The van der Waals surface area contributed by atoms with Gasteiger partial charge in [0.25, 0.3) is 11.5 Å². The molecule has 10 nitrogen and oxygen atoms in total. The molecule has 4 rings (SSSR count). The van der Waals surface area contributed by atoms with E-state index in [2.05, 4.69) is 15.3 Å². The maximum Gasteiger partial charge on any atom is 0.296 e. The Kier molecular flexibility index (Phi) is 9.18. The summed E-state index contributed by atoms with van der Waals surface area (Å²) in [5.41, 5.74) is 1.15. The van der Waals surface area contributed by atoms with Crippen LogP contribution in [0.2, 0.25) is 0 Å². The number of aromatic nitrogens is 3. The molecule has 0 spiro atoms. The van der Waals surface area contributed by atoms with Crippen LogP contribution in [0.15, 0.2) is 81.3 Å². The molecule has 0 radical (unpaired) electrons. The number of aromatic hydroxyl groups is 1. The van der Waals surface area contributed by atoms with Crippen LogP contribution in [-0.4, -0.2) is 41.0 Å². The number of benzene rings is 2. The third kappa shape index (κ3) is 5.80. The normalized spacial score (nSPS) is 12.0. The van der Waals surface area contributed by atoms with E-state index >= 15 is 0 Å². The molecule has 2 N–H and O–H groups in total. The average molecular weight is 586 g/mol. The van der Waals surface area contributed by atoms with Gasteiger partial charge in [-0.25, -0.2) is 13.4 Å². The standard InChI is InChI=1S/C31H31N5O5S/c1-4-6-14-27-35-30(38)28(31(39)36(27)26(5-2)25-13-9-10-21(19-32)34-25)42(40,41)22-17-15-20(16-18-22)23-11-7-8-12-24(23)29(37)33-3/h7-13,15-18,26,39H,4-6,14H2,1-3H3,(H,33,37). The minimum atomic E-state index is -4.52. The molecule has 11 heteroatoms. The number of aryl methyl sites for hydroxylation is 1. The molecule has 1 amide bonds. The van der Waals surface area contributed by atoms with E-state index in [-0.39, 0.29) is 22.3 Å². The molecule has 0 saturated heterocycles. The van der Waals surface area contributed by atoms with E-state index in [0.29, 0.717) is 41.6 Å². The van der Waals surface area contributed by atoms with Crippen molar-refractivity contribution in [2.45, 2.75) is 55.4 Å². The Balaban J connectivity index is 1.86. The Morgan fingerprint density at radius 2 is 1.76 bits per heavy atom. The predicted octanol–water partition coefficient (Wildman–Crippen LogP) is 4.42. The molecule has 0 bridgehead atoms. The van der Waals surface area contributed by atoms with Crippen molar-refractivity contribution in [2.75, 3.05) is 7.05 Å². The van der Waals surface area contributed by atoms with Gasteiger partial charge < -0.3 is 10.4 Å². The van der Waals surface area contributed by atoms with Crippen LogP contribution in [0.4, 0.5) is 0 Å². The van der Waals surface area contributed by atoms with E-state index in [9.17, 15) is 28.4 Å². The van der Waals surface area contributed by atoms with Gasteiger partial charge in [0.05, 0.1) is 16.6 Å². The van der Waals surface area contributed by atoms with E-state index < -0.39 is 32.2 Å². The van der Waals surface area contributed by atoms with Gasteiger partial charge in [0.1, 0.15) is 17.6 Å². The van der Waals surface area contributed by atoms with Crippen molar-refractivity contribution in [1.82, 2.24) is 19.9 Å². The van der Waals surface area contributed by atoms with Crippen molar-refractivity contribution in [2.24, 2.45) is 0 Å². The fourth-order valence-electron chi connectivity index (χ4n) is 4.85. The molecular weight excluding hydrogens is 554 g/mol. The summed E-state index contributed by atoms with van der Waals surface area (Å²) in [4.78, 5) is 33.0. The van der Waals surface area contributed by atoms with Crippen molar-refractivity contribution >= 4 is 15.7 Å². The van der Waals surface area contributed by atoms with E-state index in [1.807, 2.05) is 19.9 Å². The van der Waals surface area contributed by atoms with Crippen LogP contribution >= 0.6 is 0 Å². The fraction of sp³-hybridized carbons (Fsp3) is 0.258. The van der Waals surface area contributed by atoms with E-state index in [0.717, 1.165) is 6.42 Å². The lowest BCUT2D eigenvalue weighted by Crippen LogP contribution is -2.28. The zero-order valence-corrected chi connectivity index (χ0v) is 24.4. The Morgan fingerprint density at radius 3 is 2.40 bits per heavy atom. The first-order valence-corrected chi connectivity index (χ1v) is 15.0. The predicted molar refractivity (Wildman–Crippen MR) is 157 cm³/mol. The highest BCUT2D eigenvalue weighted by atomic mass is 32.2. The van der Waals surface area contributed by atoms with Gasteiger partial charge in [0.2, 0.25) is 15.7 Å². The highest BCUT2D eigenvalue weighted by Gasteiger charge is 2.32. The van der Waals surface area contributed by atoms with E-state index in [1.165, 1.54) is 23.7 Å². The number of unbranched alkanes of at least 4 members (excludes halogenated alkanes) is 1. The number of nitrogens with one attached hydrogen (secondary N) is 1. The fourth-order valence-corrected chi connectivity index (χ4v) is 6.19. The lowest BCUT2D eigenvalue weighted by molar-refractivity contribution is 0.0963. The molecule has 0 aliphatic heterocycles. The molecule has 0 aliphatic rings. The number of rotatable bonds is 10. The SMILES string of the molecule is CCCCc1nc(=O)c(S(=O)(=O)c2ccc(-c3ccccc3C(=O)NC)cc2)c(O)n1C(CC)c1cccc(C#N)n1. The van der Waals surface area contributed by atoms with E-state index in [1.54, 1.807) is 54.6 Å². The molecule has 0 aliphatic carbocycles. The topological polar surface area (TPSA) is 155 Å². The molecule has 0 saturated carbocycles. The molecule has 2 heterocycles. The molecule has 4 aromatic rings. The van der Waals surface area contributed by atoms with Crippen molar-refractivity contribution in [1.29, 1.82) is 5.26 Å². The number of nitriles is 1. The van der Waals surface area contributed by atoms with Crippen LogP contribution in [0.3, 0.4) is 0 Å². The molecule has 216 valence electrons. The Morgan fingerprint density at radius 1 is 1.05 bits per heavy atom. The first-order chi connectivity index (χ1) is 20.2. The van der Waals surface area contributed by atoms with Crippen molar-refractivity contribution < 1.29 is 18.3 Å². The summed E-state index contributed by atoms with van der Waals surface area (Å²) < 4.78 is 29.0. The minimum Gasteiger partial charge on any atom is -0.493 e. The number of pyridine rings is 1. The quantitative estimate of drug-likeness (QED) is 0.277. The second-order valence-electron chi connectivity index (χ2n) is 9.60. The number of hydrogen-bond acceptors (Lipinski definition) is 8. The summed E-state index contributed by atoms with van der Waals surface area (Å²) in [6.45, 7) is 3.79. The van der Waals surface area contributed by atoms with Crippen LogP contribution in [-0.2, 0) is 16.3 Å². The summed E-state index contributed by atoms with van der Waals surface area (Å²) >= 11 is 0. The van der Waals surface area contributed by atoms with Gasteiger partial charge in [0, 0.05) is 19.0 Å². The zero-order chi connectivity index (χ0) is 30.4. The first kappa shape index (κ1) is 30.1. The number of carbonyl (C=O) groups excluding carboxylic acids is 1. The number of carbonyl (C=O) groups is 1. The van der Waals surface area contributed by atoms with Crippen LogP contribution in [0, 0.1) is 11.3 Å². The summed E-state index contributed by atoms with van der Waals surface area (Å²) in [7, 11) is -3.00. The molecule has 0 fully saturated rings. The van der Waals surface area contributed by atoms with Gasteiger partial charge >= 0.3 is 0 Å². The average Bonchev–Trinajstić information content (AvgIpc) is 3.01. The second kappa shape index (κ2) is 12.8. The number of nitrogens with zero attached hydrogens (tertiary/aromatic N) is 4. The molecule has 1 unspecified atom stereocenters. The first-order valence-electron chi connectivity index (χ1n) is 13.6. The van der Waals surface area contributed by atoms with Crippen molar-refractivity contribution in [3.05, 3.63) is 99.9 Å². The van der Waals surface area contributed by atoms with E-state index in [4.69, 9.17) is 0 Å². The summed E-state index contributed by atoms with van der Waals surface area (Å²) in [6, 6.07) is 18.8. The minimum absolute atomic E-state index is 0.167. The Bertz CT molecular complexity index is 1830. The van der Waals surface area contributed by atoms with Gasteiger partial charge in [-0.15, -0.1) is 0 Å². The summed E-state index contributed by atoms with van der Waals surface area (Å²) in [5.74, 6) is -0.788. The maximum absolute atomic E-state index is 13.8. The third-order valence-corrected chi connectivity index (χ3v) is 8.74. The van der Waals surface area contributed by atoms with Crippen LogP contribution < -0.4 is 10.9 Å². The van der Waals surface area contributed by atoms with Crippen LogP contribution in [0.1, 0.15) is 66.7 Å². The Labute approximate surface area is 244 Å². The highest BCUT2D eigenvalue weighted by molar-refractivity contribution is 7.91. The maximum atomic E-state index is 13.8. The van der Waals surface area contributed by atoms with Gasteiger partial charge in [-0.2, -0.15) is 10.2 Å². The molecular formula is C31H31N5O5S. The van der Waals surface area contributed by atoms with Gasteiger partial charge in [-0.05, 0) is 54.3 Å². The monoisotopic (exact) mass is 585 g/mol. The number of hydrogen-bond donors (Lipinski definition) is 2. The molecule has 2 aromatic heterocycles.